The molecule has 2 aliphatic carbocycles. The Balaban J connectivity index is 1.62. The van der Waals surface area contributed by atoms with Crippen LogP contribution >= 0.6 is 11.3 Å². The number of aryl methyl sites for hydroxylation is 1. The van der Waals surface area contributed by atoms with E-state index in [9.17, 15) is 14.7 Å². The molecule has 0 spiro atoms. The van der Waals surface area contributed by atoms with E-state index in [1.54, 1.807) is 0 Å². The minimum Gasteiger partial charge on any atom is -0.504 e. The van der Waals surface area contributed by atoms with E-state index in [0.29, 0.717) is 10.5 Å². The van der Waals surface area contributed by atoms with Gasteiger partial charge in [0.25, 0.3) is 5.56 Å². The molecule has 4 rings (SSSR count). The lowest BCUT2D eigenvalue weighted by Gasteiger charge is -2.20. The second-order valence-corrected chi connectivity index (χ2v) is 8.36. The summed E-state index contributed by atoms with van der Waals surface area (Å²) in [6.07, 6.45) is 14.1. The van der Waals surface area contributed by atoms with Gasteiger partial charge in [-0.25, -0.2) is 0 Å². The number of hydrogen-bond donors (Lipinski definition) is 2. The maximum Gasteiger partial charge on any atom is 0.283 e. The van der Waals surface area contributed by atoms with Crippen LogP contribution in [0.15, 0.2) is 34.4 Å². The Morgan fingerprint density at radius 1 is 1.25 bits per heavy atom. The van der Waals surface area contributed by atoms with Crippen molar-refractivity contribution in [3.8, 4) is 0 Å². The lowest BCUT2D eigenvalue weighted by atomic mass is 9.86. The van der Waals surface area contributed by atoms with E-state index < -0.39 is 11.3 Å². The molecule has 0 radical (unpaired) electrons. The van der Waals surface area contributed by atoms with Gasteiger partial charge in [-0.3, -0.25) is 9.59 Å². The fourth-order valence-electron chi connectivity index (χ4n) is 3.75. The number of carbonyl (C=O) groups is 1. The molecule has 8 heteroatoms. The standard InChI is InChI=1S/C20H22N4O3S/c21-18-14(10-13-6-8-15(25)16(26)11-13)19(27)22-20-24(18)23-17(28-20)9-7-12-4-2-1-3-5-12/h6,8,10-12,26H,1-5,7,9,21H2/b13-10+. The fourth-order valence-corrected chi connectivity index (χ4v) is 4.66. The van der Waals surface area contributed by atoms with E-state index in [4.69, 9.17) is 5.73 Å². The monoisotopic (exact) mass is 398 g/mol. The van der Waals surface area contributed by atoms with Crippen molar-refractivity contribution >= 4 is 34.0 Å². The van der Waals surface area contributed by atoms with Crippen molar-refractivity contribution in [3.05, 3.63) is 50.5 Å². The summed E-state index contributed by atoms with van der Waals surface area (Å²) in [5.41, 5.74) is 6.44. The van der Waals surface area contributed by atoms with Crippen LogP contribution in [0.25, 0.3) is 11.0 Å². The van der Waals surface area contributed by atoms with E-state index >= 15 is 0 Å². The number of carbonyl (C=O) groups excluding carboxylic acids is 1. The maximum absolute atomic E-state index is 12.4. The second kappa shape index (κ2) is 7.71. The number of nitrogens with zero attached hydrogens (tertiary/aromatic N) is 3. The van der Waals surface area contributed by atoms with Crippen LogP contribution in [0.5, 0.6) is 0 Å². The smallest absolute Gasteiger partial charge is 0.283 e. The molecule has 7 nitrogen and oxygen atoms in total. The molecule has 0 amide bonds. The molecule has 0 atom stereocenters. The average Bonchev–Trinajstić information content (AvgIpc) is 3.10. The van der Waals surface area contributed by atoms with Gasteiger partial charge in [-0.1, -0.05) is 49.5 Å². The van der Waals surface area contributed by atoms with Crippen LogP contribution in [0, 0.1) is 5.92 Å². The summed E-state index contributed by atoms with van der Waals surface area (Å²) in [6, 6.07) is 0. The number of aliphatic hydroxyl groups is 1. The molecule has 2 heterocycles. The minimum atomic E-state index is -0.475. The van der Waals surface area contributed by atoms with Gasteiger partial charge in [0.15, 0.2) is 5.76 Å². The second-order valence-electron chi connectivity index (χ2n) is 7.32. The van der Waals surface area contributed by atoms with Gasteiger partial charge < -0.3 is 10.8 Å². The fraction of sp³-hybridized carbons (Fsp3) is 0.400. The number of fused-ring (bicyclic) bond motifs is 1. The van der Waals surface area contributed by atoms with Gasteiger partial charge in [-0.05, 0) is 36.1 Å². The third-order valence-electron chi connectivity index (χ3n) is 5.32. The molecular formula is C20H22N4O3S. The zero-order valence-electron chi connectivity index (χ0n) is 15.4. The van der Waals surface area contributed by atoms with Gasteiger partial charge in [-0.2, -0.15) is 14.6 Å². The van der Waals surface area contributed by atoms with E-state index in [0.717, 1.165) is 23.8 Å². The number of nitrogen functional groups attached to an aromatic ring is 1. The summed E-state index contributed by atoms with van der Waals surface area (Å²) < 4.78 is 1.51. The van der Waals surface area contributed by atoms with Crippen molar-refractivity contribution in [2.45, 2.75) is 44.9 Å². The molecule has 1 saturated carbocycles. The Labute approximate surface area is 165 Å². The van der Waals surface area contributed by atoms with Gasteiger partial charge in [0, 0.05) is 6.42 Å². The quantitative estimate of drug-likeness (QED) is 0.818. The van der Waals surface area contributed by atoms with E-state index in [2.05, 4.69) is 10.1 Å². The van der Waals surface area contributed by atoms with Crippen LogP contribution < -0.4 is 11.3 Å². The number of anilines is 1. The topological polar surface area (TPSA) is 111 Å². The highest BCUT2D eigenvalue weighted by atomic mass is 32.1. The van der Waals surface area contributed by atoms with Crippen LogP contribution in [0.3, 0.4) is 0 Å². The van der Waals surface area contributed by atoms with Gasteiger partial charge >= 0.3 is 0 Å². The number of aromatic nitrogens is 3. The van der Waals surface area contributed by atoms with Gasteiger partial charge in [0.2, 0.25) is 10.7 Å². The van der Waals surface area contributed by atoms with E-state index in [-0.39, 0.29) is 17.1 Å². The predicted molar refractivity (Wildman–Crippen MR) is 109 cm³/mol. The van der Waals surface area contributed by atoms with Gasteiger partial charge in [0.1, 0.15) is 10.8 Å². The highest BCUT2D eigenvalue weighted by molar-refractivity contribution is 7.16. The first kappa shape index (κ1) is 18.6. The minimum absolute atomic E-state index is 0.194. The highest BCUT2D eigenvalue weighted by Gasteiger charge is 2.17. The summed E-state index contributed by atoms with van der Waals surface area (Å²) >= 11 is 1.40. The first-order valence-electron chi connectivity index (χ1n) is 9.54. The number of hydrogen-bond acceptors (Lipinski definition) is 7. The molecule has 2 aromatic heterocycles. The highest BCUT2D eigenvalue weighted by Crippen LogP contribution is 2.28. The number of ketones is 1. The van der Waals surface area contributed by atoms with Crippen LogP contribution in [-0.2, 0) is 11.2 Å². The normalized spacial score (nSPS) is 19.5. The van der Waals surface area contributed by atoms with E-state index in [1.807, 2.05) is 0 Å². The Bertz CT molecular complexity index is 1070. The summed E-state index contributed by atoms with van der Waals surface area (Å²) in [7, 11) is 0. The first-order chi connectivity index (χ1) is 13.5. The summed E-state index contributed by atoms with van der Waals surface area (Å²) in [6.45, 7) is 0. The van der Waals surface area contributed by atoms with Crippen molar-refractivity contribution in [1.29, 1.82) is 0 Å². The molecule has 2 aromatic rings. The van der Waals surface area contributed by atoms with Crippen molar-refractivity contribution in [3.63, 3.8) is 0 Å². The molecule has 0 saturated heterocycles. The van der Waals surface area contributed by atoms with Crippen molar-refractivity contribution in [1.82, 2.24) is 14.6 Å². The van der Waals surface area contributed by atoms with Gasteiger partial charge in [-0.15, -0.1) is 0 Å². The van der Waals surface area contributed by atoms with Crippen molar-refractivity contribution in [2.24, 2.45) is 5.92 Å². The molecular weight excluding hydrogens is 376 g/mol. The Hall–Kier alpha value is -2.74. The molecule has 0 aliphatic heterocycles. The zero-order valence-corrected chi connectivity index (χ0v) is 16.2. The largest absolute Gasteiger partial charge is 0.504 e. The van der Waals surface area contributed by atoms with Crippen LogP contribution in [0.1, 0.15) is 49.1 Å². The molecule has 0 unspecified atom stereocenters. The Kier molecular flexibility index (Phi) is 5.13. The maximum atomic E-state index is 12.4. The first-order valence-corrected chi connectivity index (χ1v) is 10.4. The molecule has 1 fully saturated rings. The lowest BCUT2D eigenvalue weighted by molar-refractivity contribution is -0.113. The predicted octanol–water partition coefficient (Wildman–Crippen LogP) is 3.21. The van der Waals surface area contributed by atoms with Crippen LogP contribution in [0.2, 0.25) is 0 Å². The Morgan fingerprint density at radius 3 is 2.79 bits per heavy atom. The molecule has 0 aromatic carbocycles. The van der Waals surface area contributed by atoms with Crippen molar-refractivity contribution in [2.75, 3.05) is 5.73 Å². The zero-order chi connectivity index (χ0) is 19.7. The summed E-state index contributed by atoms with van der Waals surface area (Å²) in [5.74, 6) is 0.116. The van der Waals surface area contributed by atoms with Gasteiger partial charge in [0.05, 0.1) is 5.56 Å². The SMILES string of the molecule is Nc1c(/C=C2\C=CC(=O)C(O)=C2)c(=O)nc2sc(CCC3CCCCC3)nn12. The average molecular weight is 398 g/mol. The Morgan fingerprint density at radius 2 is 2.04 bits per heavy atom. The lowest BCUT2D eigenvalue weighted by Crippen LogP contribution is -2.17. The number of aliphatic hydroxyl groups excluding tert-OH is 1. The molecule has 146 valence electrons. The molecule has 2 aliphatic rings. The molecule has 3 N–H and O–H groups in total. The summed E-state index contributed by atoms with van der Waals surface area (Å²) in [4.78, 5) is 28.4. The van der Waals surface area contributed by atoms with Crippen LogP contribution in [-0.4, -0.2) is 25.5 Å². The van der Waals surface area contributed by atoms with Crippen molar-refractivity contribution < 1.29 is 9.90 Å². The number of allylic oxidation sites excluding steroid dienone is 4. The molecule has 28 heavy (non-hydrogen) atoms. The van der Waals surface area contributed by atoms with Crippen LogP contribution in [0.4, 0.5) is 5.82 Å². The number of nitrogens with two attached hydrogens (primary N) is 1. The number of rotatable bonds is 4. The molecule has 0 bridgehead atoms. The third kappa shape index (κ3) is 3.77. The third-order valence-corrected chi connectivity index (χ3v) is 6.29. The summed E-state index contributed by atoms with van der Waals surface area (Å²) in [5, 5.41) is 15.1. The van der Waals surface area contributed by atoms with E-state index in [1.165, 1.54) is 72.3 Å².